The van der Waals surface area contributed by atoms with Crippen LogP contribution in [0.15, 0.2) is 77.9 Å². The van der Waals surface area contributed by atoms with E-state index in [1.165, 1.54) is 23.4 Å². The third-order valence-corrected chi connectivity index (χ3v) is 5.39. The molecule has 0 unspecified atom stereocenters. The summed E-state index contributed by atoms with van der Waals surface area (Å²) in [6, 6.07) is 22.5. The van der Waals surface area contributed by atoms with Gasteiger partial charge in [-0.3, -0.25) is 9.69 Å². The molecule has 0 fully saturated rings. The molecule has 0 aliphatic carbocycles. The second-order valence-corrected chi connectivity index (χ2v) is 7.52. The van der Waals surface area contributed by atoms with E-state index in [0.29, 0.717) is 11.1 Å². The fraction of sp³-hybridized carbons (Fsp3) is 0.160. The highest BCUT2D eigenvalue weighted by Crippen LogP contribution is 2.20. The molecule has 0 spiro atoms. The Labute approximate surface area is 180 Å². The van der Waals surface area contributed by atoms with E-state index in [1.807, 2.05) is 12.1 Å². The molecule has 6 heteroatoms. The summed E-state index contributed by atoms with van der Waals surface area (Å²) < 4.78 is 0. The van der Waals surface area contributed by atoms with Gasteiger partial charge in [0.2, 0.25) is 0 Å². The predicted octanol–water partition coefficient (Wildman–Crippen LogP) is 3.71. The van der Waals surface area contributed by atoms with Crippen LogP contribution in [0.4, 0.5) is 0 Å². The quantitative estimate of drug-likeness (QED) is 0.477. The predicted molar refractivity (Wildman–Crippen MR) is 119 cm³/mol. The van der Waals surface area contributed by atoms with Crippen molar-refractivity contribution in [2.45, 2.75) is 19.5 Å². The highest BCUT2D eigenvalue weighted by atomic mass is 16.4. The standard InChI is InChI=1S/C25H23N3O3/c29-24(27-26-15-21-6-3-4-8-23(21)25(30)31)20-11-9-18(10-12-20)16-28-14-13-19-5-1-2-7-22(19)17-28/h1-12,15H,13-14,16-17H2,(H,27,29)(H,30,31)/b26-15-. The van der Waals surface area contributed by atoms with E-state index in [9.17, 15) is 14.7 Å². The summed E-state index contributed by atoms with van der Waals surface area (Å²) in [7, 11) is 0. The molecule has 31 heavy (non-hydrogen) atoms. The summed E-state index contributed by atoms with van der Waals surface area (Å²) in [6.45, 7) is 2.79. The number of carboxylic acids is 1. The Hall–Kier alpha value is -3.77. The highest BCUT2D eigenvalue weighted by Gasteiger charge is 2.16. The lowest BCUT2D eigenvalue weighted by Crippen LogP contribution is -2.30. The molecule has 1 aliphatic heterocycles. The molecule has 1 aliphatic rings. The first-order valence-electron chi connectivity index (χ1n) is 10.1. The van der Waals surface area contributed by atoms with Gasteiger partial charge in [-0.2, -0.15) is 5.10 Å². The maximum absolute atomic E-state index is 12.3. The van der Waals surface area contributed by atoms with Gasteiger partial charge in [0.1, 0.15) is 0 Å². The Kier molecular flexibility index (Phi) is 6.19. The summed E-state index contributed by atoms with van der Waals surface area (Å²) in [5.41, 5.74) is 7.46. The number of benzene rings is 3. The number of carboxylic acid groups (broad SMARTS) is 1. The lowest BCUT2D eigenvalue weighted by molar-refractivity contribution is 0.0696. The zero-order valence-electron chi connectivity index (χ0n) is 17.0. The van der Waals surface area contributed by atoms with Crippen LogP contribution in [0.2, 0.25) is 0 Å². The van der Waals surface area contributed by atoms with E-state index in [4.69, 9.17) is 0 Å². The minimum absolute atomic E-state index is 0.130. The van der Waals surface area contributed by atoms with Crippen LogP contribution >= 0.6 is 0 Å². The lowest BCUT2D eigenvalue weighted by Gasteiger charge is -2.28. The maximum atomic E-state index is 12.3. The number of nitrogens with zero attached hydrogens (tertiary/aromatic N) is 2. The van der Waals surface area contributed by atoms with E-state index in [0.717, 1.165) is 31.6 Å². The zero-order valence-corrected chi connectivity index (χ0v) is 17.0. The number of hydrogen-bond donors (Lipinski definition) is 2. The number of aromatic carboxylic acids is 1. The summed E-state index contributed by atoms with van der Waals surface area (Å²) in [6.07, 6.45) is 2.39. The van der Waals surface area contributed by atoms with Crippen LogP contribution in [0.5, 0.6) is 0 Å². The molecule has 1 amide bonds. The SMILES string of the molecule is O=C(N/N=C\c1ccccc1C(=O)O)c1ccc(CN2CCc3ccccc3C2)cc1. The van der Waals surface area contributed by atoms with Crippen LogP contribution in [0.3, 0.4) is 0 Å². The molecule has 0 saturated carbocycles. The minimum atomic E-state index is -1.04. The highest BCUT2D eigenvalue weighted by molar-refractivity contribution is 5.99. The molecule has 0 atom stereocenters. The topological polar surface area (TPSA) is 82.0 Å². The number of hydrogen-bond acceptors (Lipinski definition) is 4. The van der Waals surface area contributed by atoms with Crippen molar-refractivity contribution in [2.75, 3.05) is 6.54 Å². The summed E-state index contributed by atoms with van der Waals surface area (Å²) in [5, 5.41) is 13.1. The third kappa shape index (κ3) is 5.05. The van der Waals surface area contributed by atoms with Crippen LogP contribution in [-0.2, 0) is 19.5 Å². The fourth-order valence-electron chi connectivity index (χ4n) is 3.74. The van der Waals surface area contributed by atoms with E-state index < -0.39 is 5.97 Å². The molecule has 156 valence electrons. The van der Waals surface area contributed by atoms with Crippen LogP contribution in [0, 0.1) is 0 Å². The van der Waals surface area contributed by atoms with Crippen molar-refractivity contribution in [2.24, 2.45) is 5.10 Å². The van der Waals surface area contributed by atoms with Gasteiger partial charge in [-0.25, -0.2) is 10.2 Å². The normalized spacial score (nSPS) is 13.7. The molecule has 3 aromatic rings. The van der Waals surface area contributed by atoms with Gasteiger partial charge in [0.05, 0.1) is 11.8 Å². The van der Waals surface area contributed by atoms with Gasteiger partial charge < -0.3 is 5.11 Å². The number of nitrogens with one attached hydrogen (secondary N) is 1. The Morgan fingerprint density at radius 2 is 1.68 bits per heavy atom. The average molecular weight is 413 g/mol. The summed E-state index contributed by atoms with van der Waals surface area (Å²) in [4.78, 5) is 26.0. The molecule has 3 aromatic carbocycles. The van der Waals surface area contributed by atoms with Gasteiger partial charge in [-0.1, -0.05) is 54.6 Å². The molecule has 6 nitrogen and oxygen atoms in total. The first-order chi connectivity index (χ1) is 15.1. The van der Waals surface area contributed by atoms with Gasteiger partial charge in [-0.05, 0) is 41.3 Å². The van der Waals surface area contributed by atoms with E-state index in [1.54, 1.807) is 30.3 Å². The van der Waals surface area contributed by atoms with E-state index in [-0.39, 0.29) is 11.5 Å². The van der Waals surface area contributed by atoms with E-state index >= 15 is 0 Å². The third-order valence-electron chi connectivity index (χ3n) is 5.39. The van der Waals surface area contributed by atoms with Gasteiger partial charge in [0.25, 0.3) is 5.91 Å². The molecule has 2 N–H and O–H groups in total. The Balaban J connectivity index is 1.34. The van der Waals surface area contributed by atoms with Crippen molar-refractivity contribution in [3.63, 3.8) is 0 Å². The van der Waals surface area contributed by atoms with Crippen molar-refractivity contribution in [3.8, 4) is 0 Å². The van der Waals surface area contributed by atoms with Crippen LogP contribution < -0.4 is 5.43 Å². The largest absolute Gasteiger partial charge is 0.478 e. The average Bonchev–Trinajstić information content (AvgIpc) is 2.79. The van der Waals surface area contributed by atoms with Crippen molar-refractivity contribution >= 4 is 18.1 Å². The number of rotatable bonds is 6. The molecule has 0 bridgehead atoms. The second kappa shape index (κ2) is 9.36. The van der Waals surface area contributed by atoms with Gasteiger partial charge >= 0.3 is 5.97 Å². The maximum Gasteiger partial charge on any atom is 0.336 e. The van der Waals surface area contributed by atoms with Crippen LogP contribution in [0.25, 0.3) is 0 Å². The molecule has 0 aromatic heterocycles. The Morgan fingerprint density at radius 3 is 2.45 bits per heavy atom. The molecule has 4 rings (SSSR count). The van der Waals surface area contributed by atoms with Crippen molar-refractivity contribution in [1.29, 1.82) is 0 Å². The molecular weight excluding hydrogens is 390 g/mol. The second-order valence-electron chi connectivity index (χ2n) is 7.52. The number of carbonyl (C=O) groups is 2. The Morgan fingerprint density at radius 1 is 0.968 bits per heavy atom. The van der Waals surface area contributed by atoms with Gasteiger partial charge in [0, 0.05) is 30.8 Å². The van der Waals surface area contributed by atoms with Crippen LogP contribution in [-0.4, -0.2) is 34.6 Å². The summed E-state index contributed by atoms with van der Waals surface area (Å²) >= 11 is 0. The van der Waals surface area contributed by atoms with Gasteiger partial charge in [-0.15, -0.1) is 0 Å². The van der Waals surface area contributed by atoms with Crippen molar-refractivity contribution in [3.05, 3.63) is 106 Å². The Bertz CT molecular complexity index is 1120. The smallest absolute Gasteiger partial charge is 0.336 e. The monoisotopic (exact) mass is 413 g/mol. The number of fused-ring (bicyclic) bond motifs is 1. The number of hydrazone groups is 1. The van der Waals surface area contributed by atoms with Crippen molar-refractivity contribution in [1.82, 2.24) is 10.3 Å². The summed E-state index contributed by atoms with van der Waals surface area (Å²) in [5.74, 6) is -1.39. The van der Waals surface area contributed by atoms with Crippen molar-refractivity contribution < 1.29 is 14.7 Å². The minimum Gasteiger partial charge on any atom is -0.478 e. The first-order valence-corrected chi connectivity index (χ1v) is 10.1. The molecule has 1 heterocycles. The fourth-order valence-corrected chi connectivity index (χ4v) is 3.74. The first kappa shape index (κ1) is 20.5. The van der Waals surface area contributed by atoms with Crippen LogP contribution in [0.1, 0.15) is 43.0 Å². The number of carbonyl (C=O) groups excluding carboxylic acids is 1. The molecular formula is C25H23N3O3. The molecule has 0 saturated heterocycles. The van der Waals surface area contributed by atoms with E-state index in [2.05, 4.69) is 39.7 Å². The number of amides is 1. The van der Waals surface area contributed by atoms with Gasteiger partial charge in [0.15, 0.2) is 0 Å². The molecule has 0 radical (unpaired) electrons. The lowest BCUT2D eigenvalue weighted by atomic mass is 9.99. The zero-order chi connectivity index (χ0) is 21.6.